The van der Waals surface area contributed by atoms with Crippen LogP contribution in [0.25, 0.3) is 0 Å². The van der Waals surface area contributed by atoms with Crippen molar-refractivity contribution in [1.29, 1.82) is 0 Å². The third-order valence-electron chi connectivity index (χ3n) is 2.55. The molecule has 5 heteroatoms. The average Bonchev–Trinajstić information content (AvgIpc) is 2.71. The lowest BCUT2D eigenvalue weighted by atomic mass is 10.3. The van der Waals surface area contributed by atoms with Gasteiger partial charge in [-0.1, -0.05) is 0 Å². The van der Waals surface area contributed by atoms with Crippen LogP contribution in [0.5, 0.6) is 0 Å². The maximum absolute atomic E-state index is 11.9. The Morgan fingerprint density at radius 3 is 2.80 bits per heavy atom. The molecule has 1 aliphatic heterocycles. The van der Waals surface area contributed by atoms with E-state index in [2.05, 4.69) is 4.98 Å². The number of likely N-dealkylation sites (tertiary alicyclic amines) is 1. The summed E-state index contributed by atoms with van der Waals surface area (Å²) in [4.78, 5) is 17.5. The van der Waals surface area contributed by atoms with E-state index in [1.807, 2.05) is 0 Å². The zero-order chi connectivity index (χ0) is 11.0. The molecule has 0 aromatic carbocycles. The minimum Gasteiger partial charge on any atom is -0.436 e. The van der Waals surface area contributed by atoms with Gasteiger partial charge < -0.3 is 14.4 Å². The number of amides is 1. The third kappa shape index (κ3) is 1.87. The van der Waals surface area contributed by atoms with Crippen molar-refractivity contribution in [1.82, 2.24) is 9.88 Å². The Morgan fingerprint density at radius 2 is 2.33 bits per heavy atom. The van der Waals surface area contributed by atoms with Crippen LogP contribution in [0.1, 0.15) is 28.6 Å². The number of rotatable bonds is 1. The number of carbonyl (C=O) groups excluding carboxylic acids is 1. The van der Waals surface area contributed by atoms with Gasteiger partial charge in [-0.05, 0) is 13.3 Å². The summed E-state index contributed by atoms with van der Waals surface area (Å²) in [5.74, 6) is 0.613. The molecule has 2 heterocycles. The average molecular weight is 210 g/mol. The van der Waals surface area contributed by atoms with Gasteiger partial charge in [0.05, 0.1) is 11.8 Å². The Hall–Kier alpha value is -1.36. The minimum atomic E-state index is -0.404. The Balaban J connectivity index is 2.17. The Labute approximate surface area is 87.7 Å². The molecule has 82 valence electrons. The van der Waals surface area contributed by atoms with Crippen LogP contribution in [0.2, 0.25) is 0 Å². The van der Waals surface area contributed by atoms with Crippen LogP contribution < -0.4 is 0 Å². The molecule has 1 aromatic rings. The van der Waals surface area contributed by atoms with Crippen LogP contribution in [-0.2, 0) is 0 Å². The van der Waals surface area contributed by atoms with Gasteiger partial charge >= 0.3 is 0 Å². The number of carbonyl (C=O) groups is 1. The van der Waals surface area contributed by atoms with Gasteiger partial charge in [-0.3, -0.25) is 4.79 Å². The van der Waals surface area contributed by atoms with E-state index < -0.39 is 6.10 Å². The van der Waals surface area contributed by atoms with Crippen molar-refractivity contribution in [2.45, 2.75) is 26.4 Å². The first-order chi connectivity index (χ1) is 7.08. The van der Waals surface area contributed by atoms with Crippen LogP contribution in [-0.4, -0.2) is 40.1 Å². The molecule has 1 amide bonds. The first kappa shape index (κ1) is 10.2. The van der Waals surface area contributed by atoms with Crippen molar-refractivity contribution in [3.05, 3.63) is 17.3 Å². The number of oxazole rings is 1. The molecule has 1 N–H and O–H groups in total. The summed E-state index contributed by atoms with van der Waals surface area (Å²) in [6, 6.07) is 0. The molecule has 15 heavy (non-hydrogen) atoms. The summed E-state index contributed by atoms with van der Waals surface area (Å²) >= 11 is 0. The van der Waals surface area contributed by atoms with Crippen molar-refractivity contribution in [3.8, 4) is 0 Å². The van der Waals surface area contributed by atoms with E-state index >= 15 is 0 Å². The molecule has 1 aliphatic rings. The fraction of sp³-hybridized carbons (Fsp3) is 0.600. The summed E-state index contributed by atoms with van der Waals surface area (Å²) in [5, 5.41) is 9.33. The number of aliphatic hydroxyl groups is 1. The number of aryl methyl sites for hydroxylation is 2. The van der Waals surface area contributed by atoms with E-state index in [0.717, 1.165) is 0 Å². The fourth-order valence-electron chi connectivity index (χ4n) is 1.80. The van der Waals surface area contributed by atoms with Gasteiger partial charge in [-0.15, -0.1) is 0 Å². The predicted octanol–water partition coefficient (Wildman–Crippen LogP) is 0.498. The van der Waals surface area contributed by atoms with Crippen molar-refractivity contribution in [2.24, 2.45) is 0 Å². The monoisotopic (exact) mass is 210 g/mol. The van der Waals surface area contributed by atoms with Crippen LogP contribution in [0.4, 0.5) is 0 Å². The van der Waals surface area contributed by atoms with E-state index in [0.29, 0.717) is 36.9 Å². The zero-order valence-electron chi connectivity index (χ0n) is 8.86. The Bertz CT molecular complexity index is 386. The molecule has 1 atom stereocenters. The molecule has 5 nitrogen and oxygen atoms in total. The fourth-order valence-corrected chi connectivity index (χ4v) is 1.80. The number of hydrogen-bond acceptors (Lipinski definition) is 4. The summed E-state index contributed by atoms with van der Waals surface area (Å²) in [6.45, 7) is 4.43. The second-order valence-electron chi connectivity index (χ2n) is 3.84. The molecule has 1 fully saturated rings. The lowest BCUT2D eigenvalue weighted by molar-refractivity contribution is 0.0731. The summed E-state index contributed by atoms with van der Waals surface area (Å²) in [7, 11) is 0. The molecular weight excluding hydrogens is 196 g/mol. The van der Waals surface area contributed by atoms with Gasteiger partial charge in [0.2, 0.25) is 5.76 Å². The maximum Gasteiger partial charge on any atom is 0.291 e. The number of nitrogens with zero attached hydrogens (tertiary/aromatic N) is 2. The maximum atomic E-state index is 11.9. The smallest absolute Gasteiger partial charge is 0.291 e. The normalized spacial score (nSPS) is 21.0. The standard InChI is InChI=1S/C10H14N2O3/c1-6-9(15-7(2)11-6)10(14)12-4-3-8(13)5-12/h8,13H,3-5H2,1-2H3/t8-/m1/s1. The largest absolute Gasteiger partial charge is 0.436 e. The lowest BCUT2D eigenvalue weighted by Gasteiger charge is -2.13. The summed E-state index contributed by atoms with van der Waals surface area (Å²) in [5.41, 5.74) is 0.610. The van der Waals surface area contributed by atoms with Gasteiger partial charge in [0.15, 0.2) is 5.89 Å². The summed E-state index contributed by atoms with van der Waals surface area (Å²) < 4.78 is 5.24. The van der Waals surface area contributed by atoms with E-state index in [4.69, 9.17) is 4.42 Å². The summed E-state index contributed by atoms with van der Waals surface area (Å²) in [6.07, 6.45) is 0.232. The predicted molar refractivity (Wildman–Crippen MR) is 52.5 cm³/mol. The molecule has 0 aliphatic carbocycles. The van der Waals surface area contributed by atoms with Gasteiger partial charge in [-0.25, -0.2) is 4.98 Å². The van der Waals surface area contributed by atoms with Crippen molar-refractivity contribution >= 4 is 5.91 Å². The molecule has 0 saturated carbocycles. The number of β-amino-alcohol motifs (C(OH)–C–C–N with tert-alkyl or cyclic N) is 1. The number of aliphatic hydroxyl groups excluding tert-OH is 1. The lowest BCUT2D eigenvalue weighted by Crippen LogP contribution is -2.29. The Morgan fingerprint density at radius 1 is 1.60 bits per heavy atom. The van der Waals surface area contributed by atoms with Crippen molar-refractivity contribution in [3.63, 3.8) is 0 Å². The van der Waals surface area contributed by atoms with E-state index in [-0.39, 0.29) is 5.91 Å². The molecule has 2 rings (SSSR count). The first-order valence-corrected chi connectivity index (χ1v) is 4.99. The quantitative estimate of drug-likeness (QED) is 0.733. The van der Waals surface area contributed by atoms with E-state index in [9.17, 15) is 9.90 Å². The third-order valence-corrected chi connectivity index (χ3v) is 2.55. The molecule has 0 bridgehead atoms. The van der Waals surface area contributed by atoms with Gasteiger partial charge in [0.25, 0.3) is 5.91 Å². The van der Waals surface area contributed by atoms with E-state index in [1.165, 1.54) is 0 Å². The van der Waals surface area contributed by atoms with E-state index in [1.54, 1.807) is 18.7 Å². The molecule has 1 saturated heterocycles. The molecular formula is C10H14N2O3. The second-order valence-corrected chi connectivity index (χ2v) is 3.84. The Kier molecular flexibility index (Phi) is 2.48. The van der Waals surface area contributed by atoms with Gasteiger partial charge in [-0.2, -0.15) is 0 Å². The SMILES string of the molecule is Cc1nc(C)c(C(=O)N2CC[C@@H](O)C2)o1. The number of aromatic nitrogens is 1. The van der Waals surface area contributed by atoms with Crippen molar-refractivity contribution < 1.29 is 14.3 Å². The number of hydrogen-bond donors (Lipinski definition) is 1. The van der Waals surface area contributed by atoms with Crippen LogP contribution in [0.3, 0.4) is 0 Å². The highest BCUT2D eigenvalue weighted by Gasteiger charge is 2.28. The van der Waals surface area contributed by atoms with Gasteiger partial charge in [0.1, 0.15) is 0 Å². The highest BCUT2D eigenvalue weighted by Crippen LogP contribution is 2.16. The molecule has 0 unspecified atom stereocenters. The van der Waals surface area contributed by atoms with Crippen molar-refractivity contribution in [2.75, 3.05) is 13.1 Å². The molecule has 0 spiro atoms. The topological polar surface area (TPSA) is 66.6 Å². The first-order valence-electron chi connectivity index (χ1n) is 4.99. The second kappa shape index (κ2) is 3.66. The molecule has 0 radical (unpaired) electrons. The highest BCUT2D eigenvalue weighted by molar-refractivity contribution is 5.92. The van der Waals surface area contributed by atoms with Crippen LogP contribution in [0.15, 0.2) is 4.42 Å². The minimum absolute atomic E-state index is 0.176. The van der Waals surface area contributed by atoms with Gasteiger partial charge in [0, 0.05) is 20.0 Å². The van der Waals surface area contributed by atoms with Crippen LogP contribution in [0, 0.1) is 13.8 Å². The van der Waals surface area contributed by atoms with Crippen LogP contribution >= 0.6 is 0 Å². The zero-order valence-corrected chi connectivity index (χ0v) is 8.86. The highest BCUT2D eigenvalue weighted by atomic mass is 16.4. The molecule has 1 aromatic heterocycles.